The number of nitrogens with one attached hydrogen (secondary N) is 2. The molecule has 0 spiro atoms. The van der Waals surface area contributed by atoms with Gasteiger partial charge in [-0.2, -0.15) is 0 Å². The highest BCUT2D eigenvalue weighted by Gasteiger charge is 2.20. The number of aryl methyl sites for hydroxylation is 1. The molecule has 0 saturated carbocycles. The molecule has 1 amide bonds. The van der Waals surface area contributed by atoms with Crippen molar-refractivity contribution in [1.29, 1.82) is 0 Å². The fourth-order valence-corrected chi connectivity index (χ4v) is 4.04. The number of amides is 1. The summed E-state index contributed by atoms with van der Waals surface area (Å²) in [6.45, 7) is 1.93. The van der Waals surface area contributed by atoms with Gasteiger partial charge in [-0.3, -0.25) is 4.79 Å². The number of carbonyl (C=O) groups excluding carboxylic acids is 1. The molecule has 1 aromatic heterocycles. The van der Waals surface area contributed by atoms with Gasteiger partial charge in [0.05, 0.1) is 5.02 Å². The first-order valence-electron chi connectivity index (χ1n) is 8.43. The van der Waals surface area contributed by atoms with Crippen molar-refractivity contribution in [2.24, 2.45) is 0 Å². The number of nitrogens with zero attached hydrogens (tertiary/aromatic N) is 1. The van der Waals surface area contributed by atoms with Gasteiger partial charge < -0.3 is 5.32 Å². The minimum absolute atomic E-state index is 0.0335. The Morgan fingerprint density at radius 1 is 1.07 bits per heavy atom. The minimum atomic E-state index is -3.90. The fourth-order valence-electron chi connectivity index (χ4n) is 2.50. The summed E-state index contributed by atoms with van der Waals surface area (Å²) in [5.74, 6) is -0.0629. The molecule has 3 rings (SSSR count). The molecule has 3 aromatic rings. The lowest BCUT2D eigenvalue weighted by atomic mass is 10.2. The molecular weight excluding hydrogens is 398 g/mol. The number of carbonyl (C=O) groups is 1. The van der Waals surface area contributed by atoms with E-state index >= 15 is 0 Å². The van der Waals surface area contributed by atoms with Crippen LogP contribution in [0.1, 0.15) is 21.5 Å². The molecule has 2 N–H and O–H groups in total. The van der Waals surface area contributed by atoms with Crippen molar-refractivity contribution in [2.75, 3.05) is 5.32 Å². The number of hydrogen-bond acceptors (Lipinski definition) is 4. The first-order valence-corrected chi connectivity index (χ1v) is 10.3. The molecule has 6 nitrogen and oxygen atoms in total. The number of aromatic nitrogens is 1. The third kappa shape index (κ3) is 4.75. The van der Waals surface area contributed by atoms with Crippen molar-refractivity contribution < 1.29 is 13.2 Å². The Morgan fingerprint density at radius 2 is 1.82 bits per heavy atom. The molecular formula is C20H18ClN3O3S. The molecule has 0 aliphatic heterocycles. The van der Waals surface area contributed by atoms with Gasteiger partial charge in [0.15, 0.2) is 0 Å². The highest BCUT2D eigenvalue weighted by Crippen LogP contribution is 2.23. The zero-order valence-electron chi connectivity index (χ0n) is 15.0. The first-order chi connectivity index (χ1) is 13.4. The number of pyridine rings is 1. The molecule has 0 aliphatic rings. The van der Waals surface area contributed by atoms with Gasteiger partial charge in [0.1, 0.15) is 10.7 Å². The van der Waals surface area contributed by atoms with Crippen LogP contribution in [-0.2, 0) is 16.6 Å². The lowest BCUT2D eigenvalue weighted by Crippen LogP contribution is -2.24. The maximum Gasteiger partial charge on any atom is 0.256 e. The molecule has 0 unspecified atom stereocenters. The van der Waals surface area contributed by atoms with Crippen LogP contribution in [0.3, 0.4) is 0 Å². The van der Waals surface area contributed by atoms with Gasteiger partial charge in [0.2, 0.25) is 10.0 Å². The van der Waals surface area contributed by atoms with Crippen molar-refractivity contribution in [3.05, 3.63) is 88.6 Å². The van der Waals surface area contributed by atoms with E-state index in [0.29, 0.717) is 5.82 Å². The average molecular weight is 416 g/mol. The molecule has 0 aliphatic carbocycles. The van der Waals surface area contributed by atoms with E-state index in [-0.39, 0.29) is 22.0 Å². The van der Waals surface area contributed by atoms with E-state index in [4.69, 9.17) is 11.6 Å². The van der Waals surface area contributed by atoms with Gasteiger partial charge in [-0.1, -0.05) is 48.0 Å². The van der Waals surface area contributed by atoms with Crippen LogP contribution in [0.4, 0.5) is 5.82 Å². The highest BCUT2D eigenvalue weighted by atomic mass is 35.5. The van der Waals surface area contributed by atoms with E-state index in [9.17, 15) is 13.2 Å². The van der Waals surface area contributed by atoms with Crippen molar-refractivity contribution in [2.45, 2.75) is 18.4 Å². The van der Waals surface area contributed by atoms with Gasteiger partial charge in [-0.25, -0.2) is 18.1 Å². The Balaban J connectivity index is 1.82. The summed E-state index contributed by atoms with van der Waals surface area (Å²) in [5, 5.41) is 2.71. The van der Waals surface area contributed by atoms with E-state index in [1.165, 1.54) is 18.2 Å². The largest absolute Gasteiger partial charge is 0.306 e. The van der Waals surface area contributed by atoms with Crippen LogP contribution in [0.15, 0.2) is 71.8 Å². The number of halogens is 1. The Morgan fingerprint density at radius 3 is 2.54 bits per heavy atom. The number of hydrogen-bond donors (Lipinski definition) is 2. The average Bonchev–Trinajstić information content (AvgIpc) is 2.69. The fraction of sp³-hybridized carbons (Fsp3) is 0.100. The lowest BCUT2D eigenvalue weighted by molar-refractivity contribution is 0.102. The summed E-state index contributed by atoms with van der Waals surface area (Å²) < 4.78 is 27.8. The molecule has 8 heteroatoms. The molecule has 2 aromatic carbocycles. The third-order valence-electron chi connectivity index (χ3n) is 4.03. The predicted octanol–water partition coefficient (Wildman–Crippen LogP) is 3.77. The Kier molecular flexibility index (Phi) is 6.08. The smallest absolute Gasteiger partial charge is 0.256 e. The van der Waals surface area contributed by atoms with Crippen LogP contribution in [-0.4, -0.2) is 19.3 Å². The van der Waals surface area contributed by atoms with Gasteiger partial charge in [-0.05, 0) is 42.3 Å². The van der Waals surface area contributed by atoms with Crippen LogP contribution < -0.4 is 10.0 Å². The van der Waals surface area contributed by atoms with E-state index in [1.54, 1.807) is 12.3 Å². The zero-order chi connectivity index (χ0) is 20.1. The number of anilines is 1. The first kappa shape index (κ1) is 20.0. The minimum Gasteiger partial charge on any atom is -0.306 e. The summed E-state index contributed by atoms with van der Waals surface area (Å²) in [4.78, 5) is 16.5. The van der Waals surface area contributed by atoms with Gasteiger partial charge in [-0.15, -0.1) is 0 Å². The second-order valence-corrected chi connectivity index (χ2v) is 8.22. The van der Waals surface area contributed by atoms with Crippen LogP contribution >= 0.6 is 11.6 Å². The summed E-state index contributed by atoms with van der Waals surface area (Å²) >= 11 is 6.09. The van der Waals surface area contributed by atoms with Crippen LogP contribution in [0.2, 0.25) is 5.02 Å². The summed E-state index contributed by atoms with van der Waals surface area (Å²) in [6, 6.07) is 16.8. The maximum absolute atomic E-state index is 12.7. The van der Waals surface area contributed by atoms with Gasteiger partial charge in [0, 0.05) is 18.3 Å². The molecule has 0 fully saturated rings. The molecule has 144 valence electrons. The number of sulfonamides is 1. The molecule has 0 saturated heterocycles. The van der Waals surface area contributed by atoms with E-state index in [0.717, 1.165) is 11.1 Å². The monoisotopic (exact) mass is 415 g/mol. The van der Waals surface area contributed by atoms with Crippen LogP contribution in [0, 0.1) is 6.92 Å². The predicted molar refractivity (Wildman–Crippen MR) is 109 cm³/mol. The summed E-state index contributed by atoms with van der Waals surface area (Å²) in [6.07, 6.45) is 1.56. The molecule has 1 heterocycles. The van der Waals surface area contributed by atoms with Crippen molar-refractivity contribution >= 4 is 33.3 Å². The Labute approximate surface area is 168 Å². The highest BCUT2D eigenvalue weighted by molar-refractivity contribution is 7.89. The van der Waals surface area contributed by atoms with E-state index in [2.05, 4.69) is 15.0 Å². The molecule has 28 heavy (non-hydrogen) atoms. The lowest BCUT2D eigenvalue weighted by Gasteiger charge is -2.11. The van der Waals surface area contributed by atoms with Crippen molar-refractivity contribution in [3.63, 3.8) is 0 Å². The Bertz CT molecular complexity index is 1100. The summed E-state index contributed by atoms with van der Waals surface area (Å²) in [5.41, 5.74) is 1.76. The standard InChI is InChI=1S/C20H18ClN3O3S/c1-14-6-5-11-22-19(14)24-20(25)16-9-10-17(21)18(12-16)28(26,27)23-13-15-7-3-2-4-8-15/h2-12,23H,13H2,1H3,(H,22,24,25). The van der Waals surface area contributed by atoms with Crippen molar-refractivity contribution in [1.82, 2.24) is 9.71 Å². The quantitative estimate of drug-likeness (QED) is 0.641. The molecule has 0 atom stereocenters. The molecule has 0 bridgehead atoms. The van der Waals surface area contributed by atoms with Crippen molar-refractivity contribution in [3.8, 4) is 0 Å². The summed E-state index contributed by atoms with van der Waals surface area (Å²) in [7, 11) is -3.90. The van der Waals surface area contributed by atoms with Gasteiger partial charge in [0.25, 0.3) is 5.91 Å². The zero-order valence-corrected chi connectivity index (χ0v) is 16.6. The maximum atomic E-state index is 12.7. The second kappa shape index (κ2) is 8.52. The molecule has 0 radical (unpaired) electrons. The SMILES string of the molecule is Cc1cccnc1NC(=O)c1ccc(Cl)c(S(=O)(=O)NCc2ccccc2)c1. The number of benzene rings is 2. The second-order valence-electron chi connectivity index (χ2n) is 6.08. The third-order valence-corrected chi connectivity index (χ3v) is 5.92. The normalized spacial score (nSPS) is 11.2. The topological polar surface area (TPSA) is 88.2 Å². The van der Waals surface area contributed by atoms with Crippen LogP contribution in [0.25, 0.3) is 0 Å². The Hall–Kier alpha value is -2.74. The van der Waals surface area contributed by atoms with E-state index in [1.807, 2.05) is 43.3 Å². The van der Waals surface area contributed by atoms with Gasteiger partial charge >= 0.3 is 0 Å². The van der Waals surface area contributed by atoms with E-state index < -0.39 is 15.9 Å². The van der Waals surface area contributed by atoms with Crippen LogP contribution in [0.5, 0.6) is 0 Å². The number of rotatable bonds is 6.